The van der Waals surface area contributed by atoms with Crippen molar-refractivity contribution >= 4 is 15.9 Å². The van der Waals surface area contributed by atoms with Crippen molar-refractivity contribution < 1.29 is 22.3 Å². The summed E-state index contributed by atoms with van der Waals surface area (Å²) in [4.78, 5) is 12.0. The van der Waals surface area contributed by atoms with Crippen LogP contribution in [0.4, 0.5) is 4.39 Å². The molecule has 0 aliphatic carbocycles. The first kappa shape index (κ1) is 19.5. The van der Waals surface area contributed by atoms with E-state index in [1.807, 2.05) is 0 Å². The van der Waals surface area contributed by atoms with Crippen molar-refractivity contribution in [3.63, 3.8) is 0 Å². The summed E-state index contributed by atoms with van der Waals surface area (Å²) in [5.74, 6) is -1.45. The summed E-state index contributed by atoms with van der Waals surface area (Å²) in [5, 5.41) is 2.56. The third-order valence-electron chi connectivity index (χ3n) is 3.32. The first-order valence-corrected chi connectivity index (χ1v) is 8.81. The first-order valence-electron chi connectivity index (χ1n) is 7.37. The average molecular weight is 346 g/mol. The van der Waals surface area contributed by atoms with Crippen LogP contribution in [0.25, 0.3) is 0 Å². The molecule has 8 heteroatoms. The van der Waals surface area contributed by atoms with E-state index in [1.165, 1.54) is 17.5 Å². The van der Waals surface area contributed by atoms with E-state index >= 15 is 0 Å². The molecule has 23 heavy (non-hydrogen) atoms. The molecular formula is C15H23FN2O4S. The van der Waals surface area contributed by atoms with Gasteiger partial charge in [0.1, 0.15) is 5.82 Å². The Morgan fingerprint density at radius 3 is 2.48 bits per heavy atom. The Hall–Kier alpha value is -1.51. The zero-order valence-electron chi connectivity index (χ0n) is 13.8. The molecule has 0 saturated carbocycles. The van der Waals surface area contributed by atoms with Gasteiger partial charge in [-0.15, -0.1) is 0 Å². The van der Waals surface area contributed by atoms with E-state index in [2.05, 4.69) is 5.32 Å². The zero-order chi connectivity index (χ0) is 17.6. The summed E-state index contributed by atoms with van der Waals surface area (Å²) in [5.41, 5.74) is -0.304. The van der Waals surface area contributed by atoms with Gasteiger partial charge >= 0.3 is 0 Å². The van der Waals surface area contributed by atoms with Crippen molar-refractivity contribution in [2.24, 2.45) is 0 Å². The molecule has 0 unspecified atom stereocenters. The van der Waals surface area contributed by atoms with Gasteiger partial charge in [-0.25, -0.2) is 12.8 Å². The predicted molar refractivity (Wildman–Crippen MR) is 85.3 cm³/mol. The van der Waals surface area contributed by atoms with Crippen LogP contribution < -0.4 is 5.32 Å². The number of carbonyl (C=O) groups excluding carboxylic acids is 1. The minimum atomic E-state index is -3.75. The van der Waals surface area contributed by atoms with E-state index in [1.54, 1.807) is 20.8 Å². The topological polar surface area (TPSA) is 75.7 Å². The molecule has 1 rings (SSSR count). The highest BCUT2D eigenvalue weighted by Crippen LogP contribution is 2.19. The number of amides is 1. The van der Waals surface area contributed by atoms with Gasteiger partial charge in [0.15, 0.2) is 0 Å². The van der Waals surface area contributed by atoms with Gasteiger partial charge in [-0.2, -0.15) is 4.31 Å². The summed E-state index contributed by atoms with van der Waals surface area (Å²) in [6.45, 7) is 5.99. The second kappa shape index (κ2) is 8.37. The van der Waals surface area contributed by atoms with Crippen molar-refractivity contribution in [3.8, 4) is 0 Å². The molecular weight excluding hydrogens is 323 g/mol. The molecule has 0 heterocycles. The molecule has 0 bridgehead atoms. The summed E-state index contributed by atoms with van der Waals surface area (Å²) in [7, 11) is -2.26. The molecule has 0 aromatic heterocycles. The quantitative estimate of drug-likeness (QED) is 0.776. The highest BCUT2D eigenvalue weighted by molar-refractivity contribution is 7.89. The summed E-state index contributed by atoms with van der Waals surface area (Å²) in [6, 6.07) is 2.90. The lowest BCUT2D eigenvalue weighted by Gasteiger charge is -2.19. The molecule has 0 fully saturated rings. The molecule has 130 valence electrons. The Labute approximate surface area is 136 Å². The van der Waals surface area contributed by atoms with Crippen LogP contribution in [0.2, 0.25) is 0 Å². The van der Waals surface area contributed by atoms with Crippen LogP contribution in [0.3, 0.4) is 0 Å². The lowest BCUT2D eigenvalue weighted by Crippen LogP contribution is -2.36. The van der Waals surface area contributed by atoms with Gasteiger partial charge < -0.3 is 10.1 Å². The maximum Gasteiger partial charge on any atom is 0.254 e. The molecule has 1 N–H and O–H groups in total. The zero-order valence-corrected chi connectivity index (χ0v) is 14.6. The van der Waals surface area contributed by atoms with E-state index in [-0.39, 0.29) is 23.1 Å². The van der Waals surface area contributed by atoms with E-state index in [9.17, 15) is 17.6 Å². The number of methoxy groups -OCH3 is 1. The van der Waals surface area contributed by atoms with Gasteiger partial charge in [-0.1, -0.05) is 13.8 Å². The number of sulfonamides is 1. The van der Waals surface area contributed by atoms with Crippen molar-refractivity contribution in [2.45, 2.75) is 31.7 Å². The van der Waals surface area contributed by atoms with E-state index in [0.717, 1.165) is 12.1 Å². The molecule has 0 spiro atoms. The van der Waals surface area contributed by atoms with Crippen LogP contribution in [0.1, 0.15) is 31.1 Å². The molecule has 0 aliphatic heterocycles. The largest absolute Gasteiger partial charge is 0.383 e. The highest BCUT2D eigenvalue weighted by Gasteiger charge is 2.24. The number of hydrogen-bond acceptors (Lipinski definition) is 4. The van der Waals surface area contributed by atoms with Crippen molar-refractivity contribution in [2.75, 3.05) is 26.8 Å². The standard InChI is InChI=1S/C15H23FN2O4S/c1-5-18(6-2)23(20,21)12-7-8-14(16)13(9-12)15(19)17-11(3)10-22-4/h7-9,11H,5-6,10H2,1-4H3,(H,17,19)/t11-/m1/s1. The lowest BCUT2D eigenvalue weighted by molar-refractivity contribution is 0.0901. The fourth-order valence-corrected chi connectivity index (χ4v) is 3.63. The molecule has 1 aromatic carbocycles. The molecule has 0 saturated heterocycles. The van der Waals surface area contributed by atoms with Crippen LogP contribution in [-0.2, 0) is 14.8 Å². The number of rotatable bonds is 8. The molecule has 1 aromatic rings. The maximum atomic E-state index is 13.9. The normalized spacial score (nSPS) is 13.1. The van der Waals surface area contributed by atoms with Crippen molar-refractivity contribution in [1.29, 1.82) is 0 Å². The maximum absolute atomic E-state index is 13.9. The second-order valence-electron chi connectivity index (χ2n) is 5.06. The monoisotopic (exact) mass is 346 g/mol. The SMILES string of the molecule is CCN(CC)S(=O)(=O)c1ccc(F)c(C(=O)N[C@H](C)COC)c1. The van der Waals surface area contributed by atoms with E-state index in [0.29, 0.717) is 13.1 Å². The fraction of sp³-hybridized carbons (Fsp3) is 0.533. The Balaban J connectivity index is 3.15. The fourth-order valence-electron chi connectivity index (χ4n) is 2.14. The van der Waals surface area contributed by atoms with Crippen LogP contribution >= 0.6 is 0 Å². The number of nitrogens with one attached hydrogen (secondary N) is 1. The minimum absolute atomic E-state index is 0.104. The van der Waals surface area contributed by atoms with Crippen LogP contribution in [0, 0.1) is 5.82 Å². The third-order valence-corrected chi connectivity index (χ3v) is 5.37. The molecule has 0 aliphatic rings. The number of carbonyl (C=O) groups is 1. The average Bonchev–Trinajstić information content (AvgIpc) is 2.48. The van der Waals surface area contributed by atoms with Gasteiger partial charge in [-0.3, -0.25) is 4.79 Å². The Morgan fingerprint density at radius 2 is 1.96 bits per heavy atom. The number of benzene rings is 1. The van der Waals surface area contributed by atoms with E-state index in [4.69, 9.17) is 4.74 Å². The lowest BCUT2D eigenvalue weighted by atomic mass is 10.2. The van der Waals surface area contributed by atoms with Gasteiger partial charge in [0.05, 0.1) is 17.1 Å². The molecule has 0 radical (unpaired) electrons. The van der Waals surface area contributed by atoms with Crippen molar-refractivity contribution in [1.82, 2.24) is 9.62 Å². The number of hydrogen-bond donors (Lipinski definition) is 1. The Bertz CT molecular complexity index is 645. The molecule has 1 atom stereocenters. The number of ether oxygens (including phenoxy) is 1. The summed E-state index contributed by atoms with van der Waals surface area (Å²) < 4.78 is 45.0. The third kappa shape index (κ3) is 4.73. The van der Waals surface area contributed by atoms with Gasteiger partial charge in [0, 0.05) is 26.2 Å². The second-order valence-corrected chi connectivity index (χ2v) is 7.00. The molecule has 6 nitrogen and oxygen atoms in total. The first-order chi connectivity index (χ1) is 10.8. The smallest absolute Gasteiger partial charge is 0.254 e. The number of halogens is 1. The van der Waals surface area contributed by atoms with Gasteiger partial charge in [0.25, 0.3) is 5.91 Å². The highest BCUT2D eigenvalue weighted by atomic mass is 32.2. The molecule has 1 amide bonds. The van der Waals surface area contributed by atoms with Crippen LogP contribution in [0.15, 0.2) is 23.1 Å². The number of nitrogens with zero attached hydrogens (tertiary/aromatic N) is 1. The predicted octanol–water partition coefficient (Wildman–Crippen LogP) is 1.62. The minimum Gasteiger partial charge on any atom is -0.383 e. The van der Waals surface area contributed by atoms with Gasteiger partial charge in [-0.05, 0) is 25.1 Å². The summed E-state index contributed by atoms with van der Waals surface area (Å²) >= 11 is 0. The van der Waals surface area contributed by atoms with Crippen LogP contribution in [-0.4, -0.2) is 51.5 Å². The Morgan fingerprint density at radius 1 is 1.35 bits per heavy atom. The van der Waals surface area contributed by atoms with E-state index < -0.39 is 21.7 Å². The van der Waals surface area contributed by atoms with Crippen LogP contribution in [0.5, 0.6) is 0 Å². The van der Waals surface area contributed by atoms with Gasteiger partial charge in [0.2, 0.25) is 10.0 Å². The van der Waals surface area contributed by atoms with Crippen molar-refractivity contribution in [3.05, 3.63) is 29.6 Å². The summed E-state index contributed by atoms with van der Waals surface area (Å²) in [6.07, 6.45) is 0. The Kier molecular flexibility index (Phi) is 7.11.